The van der Waals surface area contributed by atoms with Crippen molar-refractivity contribution in [3.8, 4) is 5.75 Å². The first-order chi connectivity index (χ1) is 9.56. The molecular weight excluding hydrogens is 258 g/mol. The van der Waals surface area contributed by atoms with E-state index in [2.05, 4.69) is 0 Å². The minimum Gasteiger partial charge on any atom is -0.491 e. The molecule has 1 aromatic carbocycles. The number of aliphatic hydroxyl groups is 1. The van der Waals surface area contributed by atoms with Crippen molar-refractivity contribution in [2.24, 2.45) is 0 Å². The quantitative estimate of drug-likeness (QED) is 0.884. The molecule has 0 aliphatic carbocycles. The highest BCUT2D eigenvalue weighted by molar-refractivity contribution is 5.78. The number of hydrogen-bond acceptors (Lipinski definition) is 4. The number of benzene rings is 1. The van der Waals surface area contributed by atoms with Gasteiger partial charge in [0.05, 0.1) is 25.4 Å². The monoisotopic (exact) mass is 279 g/mol. The fraction of sp³-hybridized carbons (Fsp3) is 0.533. The van der Waals surface area contributed by atoms with Gasteiger partial charge < -0.3 is 19.5 Å². The second-order valence-electron chi connectivity index (χ2n) is 5.14. The molecule has 0 saturated carbocycles. The Morgan fingerprint density at radius 3 is 2.65 bits per heavy atom. The highest BCUT2D eigenvalue weighted by Crippen LogP contribution is 2.20. The highest BCUT2D eigenvalue weighted by atomic mass is 16.5. The average molecular weight is 279 g/mol. The standard InChI is InChI=1S/C15H21NO4/c1-11(2)20-13-5-3-12(4-6-13)14(17)9-16-7-8-19-10-15(16)18/h3-6,11,14,17H,7-10H2,1-2H3. The van der Waals surface area contributed by atoms with Gasteiger partial charge >= 0.3 is 0 Å². The van der Waals surface area contributed by atoms with E-state index in [1.807, 2.05) is 38.1 Å². The van der Waals surface area contributed by atoms with E-state index in [0.29, 0.717) is 19.7 Å². The number of nitrogens with zero attached hydrogens (tertiary/aromatic N) is 1. The van der Waals surface area contributed by atoms with E-state index in [1.165, 1.54) is 0 Å². The van der Waals surface area contributed by atoms with Gasteiger partial charge in [0.25, 0.3) is 0 Å². The predicted molar refractivity (Wildman–Crippen MR) is 74.6 cm³/mol. The maximum absolute atomic E-state index is 11.6. The first-order valence-electron chi connectivity index (χ1n) is 6.86. The van der Waals surface area contributed by atoms with E-state index in [1.54, 1.807) is 4.90 Å². The smallest absolute Gasteiger partial charge is 0.248 e. The summed E-state index contributed by atoms with van der Waals surface area (Å²) < 4.78 is 10.6. The van der Waals surface area contributed by atoms with E-state index in [0.717, 1.165) is 11.3 Å². The molecule has 1 aliphatic heterocycles. The van der Waals surface area contributed by atoms with Crippen LogP contribution < -0.4 is 4.74 Å². The minimum absolute atomic E-state index is 0.0740. The van der Waals surface area contributed by atoms with Crippen LogP contribution in [0.5, 0.6) is 5.75 Å². The normalized spacial score (nSPS) is 17.4. The number of ether oxygens (including phenoxy) is 2. The molecule has 20 heavy (non-hydrogen) atoms. The number of morpholine rings is 1. The predicted octanol–water partition coefficient (Wildman–Crippen LogP) is 1.37. The Kier molecular flexibility index (Phi) is 4.98. The third kappa shape index (κ3) is 3.95. The maximum atomic E-state index is 11.6. The summed E-state index contributed by atoms with van der Waals surface area (Å²) in [5.41, 5.74) is 0.778. The summed E-state index contributed by atoms with van der Waals surface area (Å²) >= 11 is 0. The number of carbonyl (C=O) groups is 1. The molecule has 5 heteroatoms. The van der Waals surface area contributed by atoms with Crippen LogP contribution in [0.2, 0.25) is 0 Å². The molecule has 0 spiro atoms. The van der Waals surface area contributed by atoms with Crippen LogP contribution in [0.4, 0.5) is 0 Å². The van der Waals surface area contributed by atoms with Crippen LogP contribution in [0, 0.1) is 0 Å². The van der Waals surface area contributed by atoms with Gasteiger partial charge in [0.1, 0.15) is 12.4 Å². The van der Waals surface area contributed by atoms with Gasteiger partial charge in [-0.15, -0.1) is 0 Å². The summed E-state index contributed by atoms with van der Waals surface area (Å²) in [5.74, 6) is 0.702. The van der Waals surface area contributed by atoms with Gasteiger partial charge in [0.2, 0.25) is 5.91 Å². The van der Waals surface area contributed by atoms with Crippen molar-refractivity contribution < 1.29 is 19.4 Å². The largest absolute Gasteiger partial charge is 0.491 e. The second kappa shape index (κ2) is 6.72. The lowest BCUT2D eigenvalue weighted by molar-refractivity contribution is -0.144. The molecule has 1 aliphatic rings. The second-order valence-corrected chi connectivity index (χ2v) is 5.14. The van der Waals surface area contributed by atoms with E-state index in [-0.39, 0.29) is 18.6 Å². The van der Waals surface area contributed by atoms with E-state index in [4.69, 9.17) is 9.47 Å². The molecule has 1 unspecified atom stereocenters. The zero-order valence-corrected chi connectivity index (χ0v) is 11.9. The molecule has 1 amide bonds. The first-order valence-corrected chi connectivity index (χ1v) is 6.86. The molecule has 5 nitrogen and oxygen atoms in total. The third-order valence-electron chi connectivity index (χ3n) is 3.11. The number of rotatable bonds is 5. The van der Waals surface area contributed by atoms with Crippen molar-refractivity contribution in [3.63, 3.8) is 0 Å². The molecule has 0 aromatic heterocycles. The number of aliphatic hydroxyl groups excluding tert-OH is 1. The molecule has 1 fully saturated rings. The summed E-state index contributed by atoms with van der Waals surface area (Å²) in [7, 11) is 0. The molecule has 2 rings (SSSR count). The molecule has 1 N–H and O–H groups in total. The molecule has 1 atom stereocenters. The summed E-state index contributed by atoms with van der Waals surface area (Å²) in [6, 6.07) is 7.32. The van der Waals surface area contributed by atoms with Crippen LogP contribution in [-0.4, -0.2) is 48.3 Å². The Balaban J connectivity index is 1.94. The van der Waals surface area contributed by atoms with Gasteiger partial charge in [0.15, 0.2) is 0 Å². The topological polar surface area (TPSA) is 59.0 Å². The SMILES string of the molecule is CC(C)Oc1ccc(C(O)CN2CCOCC2=O)cc1. The molecule has 1 aromatic rings. The summed E-state index contributed by atoms with van der Waals surface area (Å²) in [5, 5.41) is 10.2. The van der Waals surface area contributed by atoms with Gasteiger partial charge in [-0.1, -0.05) is 12.1 Å². The molecule has 1 saturated heterocycles. The Morgan fingerprint density at radius 2 is 2.05 bits per heavy atom. The fourth-order valence-corrected chi connectivity index (χ4v) is 2.10. The van der Waals surface area contributed by atoms with Gasteiger partial charge in [-0.05, 0) is 31.5 Å². The zero-order chi connectivity index (χ0) is 14.5. The lowest BCUT2D eigenvalue weighted by Gasteiger charge is -2.28. The Morgan fingerprint density at radius 1 is 1.35 bits per heavy atom. The Hall–Kier alpha value is -1.59. The summed E-state index contributed by atoms with van der Waals surface area (Å²) in [6.07, 6.45) is -0.568. The number of carbonyl (C=O) groups excluding carboxylic acids is 1. The number of amides is 1. The number of β-amino-alcohol motifs (C(OH)–C–C–N with tert-alkyl or cyclic N) is 1. The molecular formula is C15H21NO4. The maximum Gasteiger partial charge on any atom is 0.248 e. The highest BCUT2D eigenvalue weighted by Gasteiger charge is 2.21. The van der Waals surface area contributed by atoms with Crippen molar-refractivity contribution in [1.82, 2.24) is 4.90 Å². The zero-order valence-electron chi connectivity index (χ0n) is 11.9. The van der Waals surface area contributed by atoms with Crippen molar-refractivity contribution >= 4 is 5.91 Å². The fourth-order valence-electron chi connectivity index (χ4n) is 2.10. The molecule has 0 bridgehead atoms. The molecule has 0 radical (unpaired) electrons. The van der Waals surface area contributed by atoms with Gasteiger partial charge in [-0.2, -0.15) is 0 Å². The third-order valence-corrected chi connectivity index (χ3v) is 3.11. The van der Waals surface area contributed by atoms with E-state index >= 15 is 0 Å². The van der Waals surface area contributed by atoms with Crippen LogP contribution >= 0.6 is 0 Å². The van der Waals surface area contributed by atoms with Crippen molar-refractivity contribution in [3.05, 3.63) is 29.8 Å². The molecule has 1 heterocycles. The van der Waals surface area contributed by atoms with E-state index < -0.39 is 6.10 Å². The summed E-state index contributed by atoms with van der Waals surface area (Å²) in [6.45, 7) is 5.39. The van der Waals surface area contributed by atoms with Crippen molar-refractivity contribution in [2.45, 2.75) is 26.1 Å². The van der Waals surface area contributed by atoms with Crippen molar-refractivity contribution in [1.29, 1.82) is 0 Å². The molecule has 110 valence electrons. The number of hydrogen-bond donors (Lipinski definition) is 1. The van der Waals surface area contributed by atoms with Crippen LogP contribution in [-0.2, 0) is 9.53 Å². The average Bonchev–Trinajstić information content (AvgIpc) is 2.41. The Bertz CT molecular complexity index is 444. The van der Waals surface area contributed by atoms with Gasteiger partial charge in [0, 0.05) is 6.54 Å². The lowest BCUT2D eigenvalue weighted by atomic mass is 10.1. The van der Waals surface area contributed by atoms with Gasteiger partial charge in [-0.3, -0.25) is 4.79 Å². The van der Waals surface area contributed by atoms with Crippen LogP contribution in [0.1, 0.15) is 25.5 Å². The van der Waals surface area contributed by atoms with E-state index in [9.17, 15) is 9.90 Å². The van der Waals surface area contributed by atoms with Crippen molar-refractivity contribution in [2.75, 3.05) is 26.3 Å². The van der Waals surface area contributed by atoms with Crippen LogP contribution in [0.3, 0.4) is 0 Å². The minimum atomic E-state index is -0.690. The first kappa shape index (κ1) is 14.8. The lowest BCUT2D eigenvalue weighted by Crippen LogP contribution is -2.43. The van der Waals surface area contributed by atoms with Crippen LogP contribution in [0.15, 0.2) is 24.3 Å². The Labute approximate surface area is 119 Å². The van der Waals surface area contributed by atoms with Gasteiger partial charge in [-0.25, -0.2) is 0 Å². The summed E-state index contributed by atoms with van der Waals surface area (Å²) in [4.78, 5) is 13.2. The van der Waals surface area contributed by atoms with Crippen LogP contribution in [0.25, 0.3) is 0 Å².